The third kappa shape index (κ3) is 3.59. The van der Waals surface area contributed by atoms with E-state index in [4.69, 9.17) is 28.2 Å². The third-order valence-electron chi connectivity index (χ3n) is 5.08. The molecule has 2 heterocycles. The molecule has 0 amide bonds. The van der Waals surface area contributed by atoms with E-state index >= 15 is 0 Å². The molecular weight excluding hydrogens is 452 g/mol. The van der Waals surface area contributed by atoms with Crippen LogP contribution in [0.2, 0.25) is 10.0 Å². The van der Waals surface area contributed by atoms with Crippen molar-refractivity contribution in [1.82, 2.24) is 9.38 Å². The Hall–Kier alpha value is -2.86. The van der Waals surface area contributed by atoms with Crippen LogP contribution in [0, 0.1) is 12.7 Å². The molecule has 3 aromatic carbocycles. The third-order valence-corrected chi connectivity index (χ3v) is 6.54. The molecule has 0 spiro atoms. The Morgan fingerprint density at radius 2 is 1.77 bits per heavy atom. The molecule has 0 saturated heterocycles. The van der Waals surface area contributed by atoms with Crippen molar-refractivity contribution < 1.29 is 4.39 Å². The molecular formula is C24H16Cl2FN3S. The molecule has 0 bridgehead atoms. The number of hydrogen-bond donors (Lipinski definition) is 1. The quantitative estimate of drug-likeness (QED) is 0.288. The maximum absolute atomic E-state index is 13.7. The second kappa shape index (κ2) is 8.00. The summed E-state index contributed by atoms with van der Waals surface area (Å²) in [5, 5.41) is 6.46. The van der Waals surface area contributed by atoms with Crippen LogP contribution in [0.5, 0.6) is 0 Å². The fourth-order valence-corrected chi connectivity index (χ4v) is 4.99. The maximum atomic E-state index is 13.7. The van der Waals surface area contributed by atoms with Gasteiger partial charge in [-0.1, -0.05) is 65.7 Å². The lowest BCUT2D eigenvalue weighted by Crippen LogP contribution is -2.00. The monoisotopic (exact) mass is 467 g/mol. The Balaban J connectivity index is 1.79. The van der Waals surface area contributed by atoms with E-state index in [2.05, 4.69) is 27.2 Å². The van der Waals surface area contributed by atoms with Gasteiger partial charge in [0.25, 0.3) is 0 Å². The first kappa shape index (κ1) is 20.1. The van der Waals surface area contributed by atoms with Gasteiger partial charge in [0.2, 0.25) is 0 Å². The fourth-order valence-electron chi connectivity index (χ4n) is 3.56. The number of para-hydroxylation sites is 1. The normalized spacial score (nSPS) is 11.2. The van der Waals surface area contributed by atoms with Crippen LogP contribution in [0.4, 0.5) is 15.9 Å². The Labute approximate surface area is 192 Å². The number of benzene rings is 3. The Morgan fingerprint density at radius 3 is 2.52 bits per heavy atom. The number of thiazole rings is 1. The number of nitrogens with zero attached hydrogens (tertiary/aromatic N) is 2. The van der Waals surface area contributed by atoms with Crippen LogP contribution >= 0.6 is 34.5 Å². The molecule has 0 aliphatic heterocycles. The van der Waals surface area contributed by atoms with E-state index in [0.717, 1.165) is 33.3 Å². The van der Waals surface area contributed by atoms with Gasteiger partial charge in [-0.25, -0.2) is 9.37 Å². The van der Waals surface area contributed by atoms with E-state index in [1.54, 1.807) is 6.07 Å². The summed E-state index contributed by atoms with van der Waals surface area (Å²) in [7, 11) is 0. The molecule has 5 aromatic rings. The Morgan fingerprint density at radius 1 is 0.968 bits per heavy atom. The van der Waals surface area contributed by atoms with Crippen LogP contribution in [0.1, 0.15) is 5.56 Å². The number of nitrogens with one attached hydrogen (secondary N) is 1. The van der Waals surface area contributed by atoms with Crippen molar-refractivity contribution >= 4 is 51.0 Å². The molecule has 2 aromatic heterocycles. The summed E-state index contributed by atoms with van der Waals surface area (Å²) < 4.78 is 15.8. The first-order valence-corrected chi connectivity index (χ1v) is 11.2. The van der Waals surface area contributed by atoms with Gasteiger partial charge >= 0.3 is 0 Å². The van der Waals surface area contributed by atoms with Crippen molar-refractivity contribution in [3.05, 3.63) is 93.5 Å². The maximum Gasteiger partial charge on any atom is 0.196 e. The summed E-state index contributed by atoms with van der Waals surface area (Å²) in [5.41, 5.74) is 5.11. The van der Waals surface area contributed by atoms with Crippen LogP contribution in [-0.4, -0.2) is 9.38 Å². The number of rotatable bonds is 4. The van der Waals surface area contributed by atoms with Gasteiger partial charge in [0.05, 0.1) is 21.4 Å². The summed E-state index contributed by atoms with van der Waals surface area (Å²) in [6.45, 7) is 1.99. The highest BCUT2D eigenvalue weighted by atomic mass is 35.5. The van der Waals surface area contributed by atoms with Crippen molar-refractivity contribution in [2.24, 2.45) is 0 Å². The van der Waals surface area contributed by atoms with Crippen molar-refractivity contribution in [2.45, 2.75) is 6.92 Å². The largest absolute Gasteiger partial charge is 0.338 e. The van der Waals surface area contributed by atoms with Gasteiger partial charge in [-0.05, 0) is 42.3 Å². The fraction of sp³-hybridized carbons (Fsp3) is 0.0417. The number of aromatic nitrogens is 2. The van der Waals surface area contributed by atoms with Gasteiger partial charge in [-0.3, -0.25) is 4.40 Å². The van der Waals surface area contributed by atoms with E-state index in [1.807, 2.05) is 43.3 Å². The minimum absolute atomic E-state index is 0.297. The van der Waals surface area contributed by atoms with Gasteiger partial charge < -0.3 is 5.32 Å². The second-order valence-corrected chi connectivity index (χ2v) is 8.75. The second-order valence-electron chi connectivity index (χ2n) is 7.09. The van der Waals surface area contributed by atoms with Crippen LogP contribution in [-0.2, 0) is 0 Å². The molecule has 0 aliphatic carbocycles. The Kier molecular flexibility index (Phi) is 5.18. The minimum Gasteiger partial charge on any atom is -0.338 e. The topological polar surface area (TPSA) is 29.3 Å². The smallest absolute Gasteiger partial charge is 0.196 e. The predicted octanol–water partition coefficient (Wildman–Crippen LogP) is 8.23. The summed E-state index contributed by atoms with van der Waals surface area (Å²) >= 11 is 14.5. The molecule has 3 nitrogen and oxygen atoms in total. The number of fused-ring (bicyclic) bond motifs is 1. The van der Waals surface area contributed by atoms with Gasteiger partial charge in [0.15, 0.2) is 4.96 Å². The highest BCUT2D eigenvalue weighted by Crippen LogP contribution is 2.41. The van der Waals surface area contributed by atoms with E-state index < -0.39 is 5.82 Å². The molecule has 0 atom stereocenters. The van der Waals surface area contributed by atoms with Crippen LogP contribution in [0.15, 0.2) is 72.1 Å². The first-order chi connectivity index (χ1) is 15.0. The zero-order chi connectivity index (χ0) is 21.5. The van der Waals surface area contributed by atoms with Crippen LogP contribution < -0.4 is 5.32 Å². The SMILES string of the molecule is Cc1cccc(Cl)c1Nc1c(-c2ccc(F)cc2Cl)nc2scc(-c3ccccc3)n12. The van der Waals surface area contributed by atoms with Crippen molar-refractivity contribution in [1.29, 1.82) is 0 Å². The Bertz CT molecular complexity index is 1390. The van der Waals surface area contributed by atoms with Crippen molar-refractivity contribution in [3.8, 4) is 22.5 Å². The minimum atomic E-state index is -0.392. The average molecular weight is 468 g/mol. The summed E-state index contributed by atoms with van der Waals surface area (Å²) in [6, 6.07) is 20.2. The number of halogens is 3. The summed E-state index contributed by atoms with van der Waals surface area (Å²) in [6.07, 6.45) is 0. The lowest BCUT2D eigenvalue weighted by Gasteiger charge is -2.14. The molecule has 0 unspecified atom stereocenters. The molecule has 7 heteroatoms. The predicted molar refractivity (Wildman–Crippen MR) is 128 cm³/mol. The van der Waals surface area contributed by atoms with Gasteiger partial charge in [-0.2, -0.15) is 0 Å². The molecule has 31 heavy (non-hydrogen) atoms. The van der Waals surface area contributed by atoms with E-state index in [0.29, 0.717) is 21.3 Å². The standard InChI is InChI=1S/C24H16Cl2FN3S/c1-14-6-5-9-18(25)21(14)28-23-22(17-11-10-16(27)12-19(17)26)29-24-30(23)20(13-31-24)15-7-3-2-4-8-15/h2-13,28H,1H3. The van der Waals surface area contributed by atoms with Crippen molar-refractivity contribution in [3.63, 3.8) is 0 Å². The number of imidazole rings is 1. The summed E-state index contributed by atoms with van der Waals surface area (Å²) in [5.74, 6) is 0.330. The molecule has 0 radical (unpaired) electrons. The van der Waals surface area contributed by atoms with E-state index in [1.165, 1.54) is 23.5 Å². The molecule has 0 fully saturated rings. The zero-order valence-corrected chi connectivity index (χ0v) is 18.7. The number of anilines is 2. The number of hydrogen-bond acceptors (Lipinski definition) is 3. The average Bonchev–Trinajstić information content (AvgIpc) is 3.31. The molecule has 154 valence electrons. The summed E-state index contributed by atoms with van der Waals surface area (Å²) in [4.78, 5) is 5.64. The lowest BCUT2D eigenvalue weighted by atomic mass is 10.1. The van der Waals surface area contributed by atoms with E-state index in [-0.39, 0.29) is 0 Å². The molecule has 0 aliphatic rings. The van der Waals surface area contributed by atoms with Crippen LogP contribution in [0.25, 0.3) is 27.5 Å². The highest BCUT2D eigenvalue weighted by molar-refractivity contribution is 7.15. The lowest BCUT2D eigenvalue weighted by molar-refractivity contribution is 0.628. The van der Waals surface area contributed by atoms with Gasteiger partial charge in [0.1, 0.15) is 17.3 Å². The van der Waals surface area contributed by atoms with Gasteiger partial charge in [0, 0.05) is 10.9 Å². The molecule has 5 rings (SSSR count). The molecule has 0 saturated carbocycles. The van der Waals surface area contributed by atoms with Crippen LogP contribution in [0.3, 0.4) is 0 Å². The zero-order valence-electron chi connectivity index (χ0n) is 16.4. The first-order valence-electron chi connectivity index (χ1n) is 9.56. The van der Waals surface area contributed by atoms with Gasteiger partial charge in [-0.15, -0.1) is 11.3 Å². The number of aryl methyl sites for hydroxylation is 1. The van der Waals surface area contributed by atoms with Crippen molar-refractivity contribution in [2.75, 3.05) is 5.32 Å². The van der Waals surface area contributed by atoms with E-state index in [9.17, 15) is 4.39 Å². The molecule has 1 N–H and O–H groups in total. The highest BCUT2D eigenvalue weighted by Gasteiger charge is 2.22.